The first-order valence-corrected chi connectivity index (χ1v) is 8.18. The van der Waals surface area contributed by atoms with Crippen LogP contribution in [-0.4, -0.2) is 10.7 Å². The van der Waals surface area contributed by atoms with Crippen LogP contribution in [0.25, 0.3) is 0 Å². The lowest BCUT2D eigenvalue weighted by atomic mass is 9.79. The van der Waals surface area contributed by atoms with Gasteiger partial charge in [0.05, 0.1) is 5.60 Å². The van der Waals surface area contributed by atoms with Crippen LogP contribution in [0.3, 0.4) is 0 Å². The Morgan fingerprint density at radius 2 is 1.63 bits per heavy atom. The standard InChI is InChI=1S/C18H32O/c1-4-5-6-7-8-9-10-11-13-17-14-12-15-18(3,19)16(17)2/h12,14-16,19H,4-11,13H2,1-3H3. The van der Waals surface area contributed by atoms with E-state index in [4.69, 9.17) is 0 Å². The highest BCUT2D eigenvalue weighted by molar-refractivity contribution is 5.27. The Balaban J connectivity index is 2.10. The predicted octanol–water partition coefficient (Wildman–Crippen LogP) is 5.40. The third-order valence-electron chi connectivity index (χ3n) is 4.50. The molecule has 0 aromatic heterocycles. The van der Waals surface area contributed by atoms with E-state index in [2.05, 4.69) is 19.9 Å². The summed E-state index contributed by atoms with van der Waals surface area (Å²) < 4.78 is 0. The SMILES string of the molecule is CCCCCCCCCCC1=CC=CC(C)(O)C1C. The molecule has 0 heterocycles. The van der Waals surface area contributed by atoms with Crippen LogP contribution >= 0.6 is 0 Å². The highest BCUT2D eigenvalue weighted by Crippen LogP contribution is 2.32. The zero-order valence-electron chi connectivity index (χ0n) is 13.1. The van der Waals surface area contributed by atoms with E-state index in [9.17, 15) is 5.11 Å². The Morgan fingerprint density at radius 1 is 1.05 bits per heavy atom. The number of aliphatic hydroxyl groups is 1. The molecule has 0 fully saturated rings. The second-order valence-electron chi connectivity index (χ2n) is 6.27. The molecule has 1 N–H and O–H groups in total. The fourth-order valence-corrected chi connectivity index (χ4v) is 2.79. The van der Waals surface area contributed by atoms with Gasteiger partial charge in [-0.25, -0.2) is 0 Å². The minimum Gasteiger partial charge on any atom is -0.385 e. The summed E-state index contributed by atoms with van der Waals surface area (Å²) in [4.78, 5) is 0. The molecule has 2 atom stereocenters. The molecule has 110 valence electrons. The Bertz CT molecular complexity index is 299. The molecule has 0 radical (unpaired) electrons. The first-order chi connectivity index (χ1) is 9.08. The van der Waals surface area contributed by atoms with Gasteiger partial charge in [-0.3, -0.25) is 0 Å². The second kappa shape index (κ2) is 8.58. The molecular weight excluding hydrogens is 232 g/mol. The average Bonchev–Trinajstić information content (AvgIpc) is 2.37. The molecule has 2 unspecified atom stereocenters. The quantitative estimate of drug-likeness (QED) is 0.553. The van der Waals surface area contributed by atoms with Crippen molar-refractivity contribution in [1.82, 2.24) is 0 Å². The summed E-state index contributed by atoms with van der Waals surface area (Å²) in [6.45, 7) is 6.32. The number of hydrogen-bond donors (Lipinski definition) is 1. The number of hydrogen-bond acceptors (Lipinski definition) is 1. The monoisotopic (exact) mass is 264 g/mol. The summed E-state index contributed by atoms with van der Waals surface area (Å²) in [5.74, 6) is 0.266. The van der Waals surface area contributed by atoms with Crippen LogP contribution in [0.2, 0.25) is 0 Å². The van der Waals surface area contributed by atoms with E-state index >= 15 is 0 Å². The van der Waals surface area contributed by atoms with Gasteiger partial charge >= 0.3 is 0 Å². The van der Waals surface area contributed by atoms with Crippen molar-refractivity contribution in [2.75, 3.05) is 0 Å². The van der Waals surface area contributed by atoms with E-state index in [1.807, 2.05) is 19.1 Å². The second-order valence-corrected chi connectivity index (χ2v) is 6.27. The van der Waals surface area contributed by atoms with Crippen LogP contribution in [0.15, 0.2) is 23.8 Å². The number of rotatable bonds is 9. The third-order valence-corrected chi connectivity index (χ3v) is 4.50. The molecule has 0 saturated heterocycles. The molecule has 1 aliphatic carbocycles. The molecule has 1 rings (SSSR count). The minimum atomic E-state index is -0.649. The lowest BCUT2D eigenvalue weighted by molar-refractivity contribution is 0.0665. The van der Waals surface area contributed by atoms with Crippen molar-refractivity contribution in [3.8, 4) is 0 Å². The molecule has 19 heavy (non-hydrogen) atoms. The van der Waals surface area contributed by atoms with Crippen molar-refractivity contribution in [3.63, 3.8) is 0 Å². The lowest BCUT2D eigenvalue weighted by Crippen LogP contribution is -2.33. The summed E-state index contributed by atoms with van der Waals surface area (Å²) in [5.41, 5.74) is 0.767. The fraction of sp³-hybridized carbons (Fsp3) is 0.778. The molecule has 0 spiro atoms. The molecule has 0 bridgehead atoms. The van der Waals surface area contributed by atoms with Gasteiger partial charge in [-0.15, -0.1) is 0 Å². The summed E-state index contributed by atoms with van der Waals surface area (Å²) in [6.07, 6.45) is 18.2. The van der Waals surface area contributed by atoms with Gasteiger partial charge in [-0.2, -0.15) is 0 Å². The maximum Gasteiger partial charge on any atom is 0.0865 e. The molecule has 0 aromatic carbocycles. The zero-order chi connectivity index (χ0) is 14.1. The highest BCUT2D eigenvalue weighted by atomic mass is 16.3. The Labute approximate surface area is 119 Å². The molecule has 1 aliphatic rings. The van der Waals surface area contributed by atoms with E-state index in [1.54, 1.807) is 0 Å². The lowest BCUT2D eigenvalue weighted by Gasteiger charge is -2.32. The molecule has 0 saturated carbocycles. The largest absolute Gasteiger partial charge is 0.385 e. The van der Waals surface area contributed by atoms with Crippen LogP contribution in [0.1, 0.15) is 78.6 Å². The van der Waals surface area contributed by atoms with E-state index < -0.39 is 5.60 Å². The molecule has 1 heteroatoms. The first-order valence-electron chi connectivity index (χ1n) is 8.18. The summed E-state index contributed by atoms with van der Waals surface area (Å²) in [5, 5.41) is 10.2. The van der Waals surface area contributed by atoms with Crippen molar-refractivity contribution in [1.29, 1.82) is 0 Å². The Morgan fingerprint density at radius 3 is 2.26 bits per heavy atom. The van der Waals surface area contributed by atoms with Gasteiger partial charge in [-0.05, 0) is 19.8 Å². The first kappa shape index (κ1) is 16.5. The van der Waals surface area contributed by atoms with Crippen molar-refractivity contribution < 1.29 is 5.11 Å². The number of unbranched alkanes of at least 4 members (excludes halogenated alkanes) is 7. The molecular formula is C18H32O. The van der Waals surface area contributed by atoms with Gasteiger partial charge in [0.1, 0.15) is 0 Å². The smallest absolute Gasteiger partial charge is 0.0865 e. The topological polar surface area (TPSA) is 20.2 Å². The van der Waals surface area contributed by atoms with Gasteiger partial charge in [0.2, 0.25) is 0 Å². The number of allylic oxidation sites excluding steroid dienone is 2. The van der Waals surface area contributed by atoms with Gasteiger partial charge in [0.15, 0.2) is 0 Å². The van der Waals surface area contributed by atoms with Crippen LogP contribution in [0.4, 0.5) is 0 Å². The highest BCUT2D eigenvalue weighted by Gasteiger charge is 2.29. The zero-order valence-corrected chi connectivity index (χ0v) is 13.1. The third kappa shape index (κ3) is 5.95. The normalized spacial score (nSPS) is 26.5. The van der Waals surface area contributed by atoms with Gasteiger partial charge in [0.25, 0.3) is 0 Å². The van der Waals surface area contributed by atoms with Gasteiger partial charge in [0, 0.05) is 5.92 Å². The maximum absolute atomic E-state index is 10.2. The van der Waals surface area contributed by atoms with Gasteiger partial charge < -0.3 is 5.11 Å². The van der Waals surface area contributed by atoms with Crippen molar-refractivity contribution in [3.05, 3.63) is 23.8 Å². The van der Waals surface area contributed by atoms with Crippen LogP contribution in [0.5, 0.6) is 0 Å². The van der Waals surface area contributed by atoms with E-state index in [0.717, 1.165) is 6.42 Å². The summed E-state index contributed by atoms with van der Waals surface area (Å²) in [6, 6.07) is 0. The van der Waals surface area contributed by atoms with Crippen molar-refractivity contribution in [2.45, 2.75) is 84.2 Å². The molecule has 0 amide bonds. The van der Waals surface area contributed by atoms with Crippen molar-refractivity contribution >= 4 is 0 Å². The van der Waals surface area contributed by atoms with Crippen LogP contribution in [-0.2, 0) is 0 Å². The van der Waals surface area contributed by atoms with Gasteiger partial charge in [-0.1, -0.05) is 82.6 Å². The Kier molecular flexibility index (Phi) is 7.45. The van der Waals surface area contributed by atoms with E-state index in [1.165, 1.54) is 56.9 Å². The maximum atomic E-state index is 10.2. The molecule has 1 nitrogen and oxygen atoms in total. The minimum absolute atomic E-state index is 0.266. The average molecular weight is 264 g/mol. The molecule has 0 aliphatic heterocycles. The predicted molar refractivity (Wildman–Crippen MR) is 84.2 cm³/mol. The van der Waals surface area contributed by atoms with E-state index in [-0.39, 0.29) is 5.92 Å². The molecule has 0 aromatic rings. The van der Waals surface area contributed by atoms with Crippen molar-refractivity contribution in [2.24, 2.45) is 5.92 Å². The fourth-order valence-electron chi connectivity index (χ4n) is 2.79. The Hall–Kier alpha value is -0.560. The van der Waals surface area contributed by atoms with Crippen LogP contribution in [0, 0.1) is 5.92 Å². The summed E-state index contributed by atoms with van der Waals surface area (Å²) >= 11 is 0. The summed E-state index contributed by atoms with van der Waals surface area (Å²) in [7, 11) is 0. The van der Waals surface area contributed by atoms with Crippen LogP contribution < -0.4 is 0 Å². The van der Waals surface area contributed by atoms with E-state index in [0.29, 0.717) is 0 Å².